The number of aromatic nitrogens is 5. The number of nitrogens with zero attached hydrogens (tertiary/aromatic N) is 6. The molecule has 2 aromatic heterocycles. The molecule has 1 aromatic carbocycles. The maximum atomic E-state index is 8.80. The fourth-order valence-electron chi connectivity index (χ4n) is 2.19. The van der Waals surface area contributed by atoms with Crippen molar-refractivity contribution in [2.45, 2.75) is 30.1 Å². The summed E-state index contributed by atoms with van der Waals surface area (Å²) in [6, 6.07) is 10.7. The standard InChI is InChI=1S/C16H12Cl2N6S/c1-9(2)24-15(12-5-3-10(17)7-13(12)18)22-23-16(24)25-14-6-4-11(8-19)20-21-14/h3-7,9H,1-2H3. The second-order valence-corrected chi connectivity index (χ2v) is 7.20. The minimum atomic E-state index is 0.102. The summed E-state index contributed by atoms with van der Waals surface area (Å²) in [6.07, 6.45) is 0. The molecule has 9 heteroatoms. The fraction of sp³-hybridized carbons (Fsp3) is 0.188. The lowest BCUT2D eigenvalue weighted by atomic mass is 10.2. The first-order valence-electron chi connectivity index (χ1n) is 7.31. The average Bonchev–Trinajstić information content (AvgIpc) is 2.99. The molecular formula is C16H12Cl2N6S. The number of halogens is 2. The van der Waals surface area contributed by atoms with Crippen molar-refractivity contribution in [1.82, 2.24) is 25.0 Å². The third-order valence-electron chi connectivity index (χ3n) is 3.30. The molecule has 0 aliphatic carbocycles. The zero-order valence-electron chi connectivity index (χ0n) is 13.3. The molecule has 6 nitrogen and oxygen atoms in total. The highest BCUT2D eigenvalue weighted by atomic mass is 35.5. The van der Waals surface area contributed by atoms with E-state index in [0.29, 0.717) is 26.1 Å². The predicted octanol–water partition coefficient (Wildman–Crippen LogP) is 4.65. The number of rotatable bonds is 4. The van der Waals surface area contributed by atoms with Crippen LogP contribution in [0.5, 0.6) is 0 Å². The first kappa shape index (κ1) is 17.7. The molecule has 3 aromatic rings. The molecule has 126 valence electrons. The van der Waals surface area contributed by atoms with Crippen LogP contribution in [0.4, 0.5) is 0 Å². The van der Waals surface area contributed by atoms with E-state index in [2.05, 4.69) is 20.4 Å². The Hall–Kier alpha value is -2.14. The molecule has 0 fully saturated rings. The molecule has 0 saturated heterocycles. The topological polar surface area (TPSA) is 80.3 Å². The van der Waals surface area contributed by atoms with E-state index in [1.807, 2.05) is 30.6 Å². The first-order valence-corrected chi connectivity index (χ1v) is 8.89. The minimum Gasteiger partial charge on any atom is -0.299 e. The Kier molecular flexibility index (Phi) is 5.23. The lowest BCUT2D eigenvalue weighted by molar-refractivity contribution is 0.555. The van der Waals surface area contributed by atoms with E-state index in [1.54, 1.807) is 24.3 Å². The van der Waals surface area contributed by atoms with Gasteiger partial charge in [-0.25, -0.2) is 0 Å². The second-order valence-electron chi connectivity index (χ2n) is 5.36. The van der Waals surface area contributed by atoms with Crippen LogP contribution in [0, 0.1) is 11.3 Å². The van der Waals surface area contributed by atoms with Crippen LogP contribution >= 0.6 is 35.0 Å². The normalized spacial score (nSPS) is 10.9. The highest BCUT2D eigenvalue weighted by Gasteiger charge is 2.19. The van der Waals surface area contributed by atoms with Crippen LogP contribution in [0.15, 0.2) is 40.5 Å². The molecule has 25 heavy (non-hydrogen) atoms. The largest absolute Gasteiger partial charge is 0.299 e. The second kappa shape index (κ2) is 7.40. The Labute approximate surface area is 158 Å². The molecule has 0 atom stereocenters. The Bertz CT molecular complexity index is 946. The summed E-state index contributed by atoms with van der Waals surface area (Å²) in [6.45, 7) is 4.07. The molecule has 0 amide bonds. The van der Waals surface area contributed by atoms with Crippen molar-refractivity contribution in [2.24, 2.45) is 0 Å². The van der Waals surface area contributed by atoms with Crippen LogP contribution < -0.4 is 0 Å². The number of hydrogen-bond donors (Lipinski definition) is 0. The molecule has 0 spiro atoms. The monoisotopic (exact) mass is 390 g/mol. The zero-order valence-corrected chi connectivity index (χ0v) is 15.6. The molecule has 0 aliphatic rings. The van der Waals surface area contributed by atoms with E-state index in [1.165, 1.54) is 11.8 Å². The van der Waals surface area contributed by atoms with Crippen molar-refractivity contribution >= 4 is 35.0 Å². The summed E-state index contributed by atoms with van der Waals surface area (Å²) in [4.78, 5) is 0. The van der Waals surface area contributed by atoms with Gasteiger partial charge in [0.05, 0.1) is 5.02 Å². The molecule has 2 heterocycles. The van der Waals surface area contributed by atoms with Gasteiger partial charge in [-0.3, -0.25) is 4.57 Å². The summed E-state index contributed by atoms with van der Waals surface area (Å²) in [5.74, 6) is 0.653. The molecule has 0 aliphatic heterocycles. The van der Waals surface area contributed by atoms with Gasteiger partial charge in [0.15, 0.2) is 16.7 Å². The van der Waals surface area contributed by atoms with Gasteiger partial charge in [-0.05, 0) is 55.9 Å². The van der Waals surface area contributed by atoms with Crippen molar-refractivity contribution in [3.05, 3.63) is 46.1 Å². The molecule has 0 bridgehead atoms. The van der Waals surface area contributed by atoms with Crippen LogP contribution in [0.2, 0.25) is 10.0 Å². The maximum absolute atomic E-state index is 8.80. The highest BCUT2D eigenvalue weighted by molar-refractivity contribution is 7.99. The van der Waals surface area contributed by atoms with Crippen LogP contribution in [-0.4, -0.2) is 25.0 Å². The van der Waals surface area contributed by atoms with Crippen molar-refractivity contribution in [2.75, 3.05) is 0 Å². The number of nitriles is 1. The van der Waals surface area contributed by atoms with Crippen LogP contribution in [0.3, 0.4) is 0 Å². The van der Waals surface area contributed by atoms with Gasteiger partial charge in [0.25, 0.3) is 0 Å². The minimum absolute atomic E-state index is 0.102. The van der Waals surface area contributed by atoms with E-state index in [9.17, 15) is 0 Å². The average molecular weight is 391 g/mol. The van der Waals surface area contributed by atoms with Crippen molar-refractivity contribution in [3.8, 4) is 17.5 Å². The summed E-state index contributed by atoms with van der Waals surface area (Å²) in [7, 11) is 0. The lowest BCUT2D eigenvalue weighted by Crippen LogP contribution is -2.05. The number of benzene rings is 1. The Balaban J connectivity index is 2.01. The van der Waals surface area contributed by atoms with Gasteiger partial charge >= 0.3 is 0 Å². The van der Waals surface area contributed by atoms with Crippen LogP contribution in [0.25, 0.3) is 11.4 Å². The summed E-state index contributed by atoms with van der Waals surface area (Å²) in [5.41, 5.74) is 1.02. The van der Waals surface area contributed by atoms with Crippen LogP contribution in [0.1, 0.15) is 25.6 Å². The summed E-state index contributed by atoms with van der Waals surface area (Å²) >= 11 is 13.6. The Morgan fingerprint density at radius 2 is 1.88 bits per heavy atom. The maximum Gasteiger partial charge on any atom is 0.198 e. The number of hydrogen-bond acceptors (Lipinski definition) is 6. The molecule has 0 N–H and O–H groups in total. The van der Waals surface area contributed by atoms with E-state index in [-0.39, 0.29) is 11.7 Å². The Morgan fingerprint density at radius 1 is 1.08 bits per heavy atom. The lowest BCUT2D eigenvalue weighted by Gasteiger charge is -2.14. The Morgan fingerprint density at radius 3 is 2.48 bits per heavy atom. The first-order chi connectivity index (χ1) is 12.0. The van der Waals surface area contributed by atoms with Crippen molar-refractivity contribution in [3.63, 3.8) is 0 Å². The van der Waals surface area contributed by atoms with Gasteiger partial charge in [0, 0.05) is 16.6 Å². The van der Waals surface area contributed by atoms with Crippen molar-refractivity contribution < 1.29 is 0 Å². The third kappa shape index (κ3) is 3.76. The van der Waals surface area contributed by atoms with Gasteiger partial charge in [-0.15, -0.1) is 20.4 Å². The molecule has 0 radical (unpaired) electrons. The zero-order chi connectivity index (χ0) is 18.0. The third-order valence-corrected chi connectivity index (χ3v) is 4.74. The molecule has 0 unspecified atom stereocenters. The fourth-order valence-corrected chi connectivity index (χ4v) is 3.57. The van der Waals surface area contributed by atoms with Gasteiger partial charge in [0.2, 0.25) is 0 Å². The van der Waals surface area contributed by atoms with Crippen LogP contribution in [-0.2, 0) is 0 Å². The molecule has 3 rings (SSSR count). The quantitative estimate of drug-likeness (QED) is 0.644. The molecule has 0 saturated carbocycles. The van der Waals surface area contributed by atoms with Gasteiger partial charge < -0.3 is 0 Å². The molecular weight excluding hydrogens is 379 g/mol. The van der Waals surface area contributed by atoms with Gasteiger partial charge in [-0.2, -0.15) is 5.26 Å². The van der Waals surface area contributed by atoms with E-state index in [4.69, 9.17) is 28.5 Å². The van der Waals surface area contributed by atoms with E-state index >= 15 is 0 Å². The predicted molar refractivity (Wildman–Crippen MR) is 96.7 cm³/mol. The van der Waals surface area contributed by atoms with Crippen molar-refractivity contribution in [1.29, 1.82) is 5.26 Å². The van der Waals surface area contributed by atoms with E-state index in [0.717, 1.165) is 5.56 Å². The SMILES string of the molecule is CC(C)n1c(Sc2ccc(C#N)nn2)nnc1-c1ccc(Cl)cc1Cl. The van der Waals surface area contributed by atoms with Gasteiger partial charge in [-0.1, -0.05) is 23.2 Å². The smallest absolute Gasteiger partial charge is 0.198 e. The summed E-state index contributed by atoms with van der Waals surface area (Å²) in [5, 5.41) is 27.6. The van der Waals surface area contributed by atoms with Gasteiger partial charge in [0.1, 0.15) is 11.1 Å². The summed E-state index contributed by atoms with van der Waals surface area (Å²) < 4.78 is 1.97. The highest BCUT2D eigenvalue weighted by Crippen LogP contribution is 2.34. The van der Waals surface area contributed by atoms with E-state index < -0.39 is 0 Å².